The third-order valence-electron chi connectivity index (χ3n) is 2.57. The van der Waals surface area contributed by atoms with Crippen molar-refractivity contribution in [1.29, 1.82) is 0 Å². The fourth-order valence-corrected chi connectivity index (χ4v) is 1.66. The SMILES string of the molecule is O=C1OC(C(O)CO)C(O)=C1N=Nc1ccc(Cl)cc1. The van der Waals surface area contributed by atoms with Crippen LogP contribution in [0.2, 0.25) is 5.02 Å². The molecule has 1 aromatic rings. The molecule has 2 rings (SSSR count). The average Bonchev–Trinajstić information content (AvgIpc) is 2.73. The maximum absolute atomic E-state index is 11.5. The highest BCUT2D eigenvalue weighted by Crippen LogP contribution is 2.26. The molecule has 1 heterocycles. The van der Waals surface area contributed by atoms with Crippen molar-refractivity contribution in [3.05, 3.63) is 40.7 Å². The Morgan fingerprint density at radius 3 is 2.55 bits per heavy atom. The zero-order valence-corrected chi connectivity index (χ0v) is 10.9. The van der Waals surface area contributed by atoms with Crippen LogP contribution in [0.4, 0.5) is 5.69 Å². The van der Waals surface area contributed by atoms with Crippen LogP contribution in [0.1, 0.15) is 0 Å². The predicted molar refractivity (Wildman–Crippen MR) is 68.6 cm³/mol. The minimum atomic E-state index is -1.41. The Hall–Kier alpha value is -1.96. The van der Waals surface area contributed by atoms with Crippen LogP contribution in [0.3, 0.4) is 0 Å². The lowest BCUT2D eigenvalue weighted by molar-refractivity contribution is -0.145. The van der Waals surface area contributed by atoms with E-state index < -0.39 is 36.2 Å². The molecule has 7 nitrogen and oxygen atoms in total. The number of azo groups is 1. The second-order valence-corrected chi connectivity index (χ2v) is 4.42. The first-order valence-electron chi connectivity index (χ1n) is 5.63. The molecular formula is C12H11ClN2O5. The molecule has 0 amide bonds. The molecule has 1 aliphatic heterocycles. The van der Waals surface area contributed by atoms with Crippen molar-refractivity contribution >= 4 is 23.3 Å². The van der Waals surface area contributed by atoms with E-state index in [4.69, 9.17) is 21.4 Å². The molecule has 0 radical (unpaired) electrons. The smallest absolute Gasteiger partial charge is 0.363 e. The van der Waals surface area contributed by atoms with E-state index >= 15 is 0 Å². The van der Waals surface area contributed by atoms with Crippen molar-refractivity contribution in [2.45, 2.75) is 12.2 Å². The molecule has 0 fully saturated rings. The number of benzene rings is 1. The number of nitrogens with zero attached hydrogens (tertiary/aromatic N) is 2. The number of hydrogen-bond donors (Lipinski definition) is 3. The number of aliphatic hydroxyl groups excluding tert-OH is 3. The van der Waals surface area contributed by atoms with Crippen molar-refractivity contribution in [3.63, 3.8) is 0 Å². The van der Waals surface area contributed by atoms with Crippen molar-refractivity contribution in [2.24, 2.45) is 10.2 Å². The first-order valence-corrected chi connectivity index (χ1v) is 6.01. The number of esters is 1. The molecule has 8 heteroatoms. The number of hydrogen-bond acceptors (Lipinski definition) is 7. The summed E-state index contributed by atoms with van der Waals surface area (Å²) in [4.78, 5) is 11.5. The van der Waals surface area contributed by atoms with E-state index in [-0.39, 0.29) is 0 Å². The van der Waals surface area contributed by atoms with E-state index in [0.29, 0.717) is 10.7 Å². The van der Waals surface area contributed by atoms with Gasteiger partial charge in [0.2, 0.25) is 5.70 Å². The second-order valence-electron chi connectivity index (χ2n) is 3.99. The monoisotopic (exact) mass is 298 g/mol. The van der Waals surface area contributed by atoms with E-state index in [1.807, 2.05) is 0 Å². The Morgan fingerprint density at radius 1 is 1.30 bits per heavy atom. The van der Waals surface area contributed by atoms with E-state index in [0.717, 1.165) is 0 Å². The predicted octanol–water partition coefficient (Wildman–Crippen LogP) is 1.47. The lowest BCUT2D eigenvalue weighted by Crippen LogP contribution is -2.31. The van der Waals surface area contributed by atoms with Crippen LogP contribution in [0.5, 0.6) is 0 Å². The summed E-state index contributed by atoms with van der Waals surface area (Å²) < 4.78 is 4.70. The summed E-state index contributed by atoms with van der Waals surface area (Å²) >= 11 is 5.71. The van der Waals surface area contributed by atoms with Gasteiger partial charge in [0, 0.05) is 5.02 Å². The molecule has 0 aromatic heterocycles. The van der Waals surface area contributed by atoms with Gasteiger partial charge in [-0.2, -0.15) is 5.11 Å². The third kappa shape index (κ3) is 2.96. The molecule has 2 atom stereocenters. The first kappa shape index (κ1) is 14.4. The van der Waals surface area contributed by atoms with Gasteiger partial charge >= 0.3 is 5.97 Å². The molecule has 1 aliphatic rings. The summed E-state index contributed by atoms with van der Waals surface area (Å²) in [6.45, 7) is -0.663. The van der Waals surface area contributed by atoms with E-state index in [2.05, 4.69) is 10.2 Å². The summed E-state index contributed by atoms with van der Waals surface area (Å²) in [6, 6.07) is 6.33. The van der Waals surface area contributed by atoms with Gasteiger partial charge in [0.1, 0.15) is 6.10 Å². The molecule has 0 bridgehead atoms. The van der Waals surface area contributed by atoms with Crippen molar-refractivity contribution in [2.75, 3.05) is 6.61 Å². The summed E-state index contributed by atoms with van der Waals surface area (Å²) in [5.74, 6) is -1.48. The molecule has 1 aromatic carbocycles. The van der Waals surface area contributed by atoms with Crippen molar-refractivity contribution < 1.29 is 24.9 Å². The number of aliphatic hydroxyl groups is 3. The fourth-order valence-electron chi connectivity index (χ4n) is 1.53. The molecule has 20 heavy (non-hydrogen) atoms. The normalized spacial score (nSPS) is 20.6. The van der Waals surface area contributed by atoms with Crippen molar-refractivity contribution in [3.8, 4) is 0 Å². The van der Waals surface area contributed by atoms with Gasteiger partial charge in [-0.15, -0.1) is 5.11 Å². The standard InChI is InChI=1S/C12H11ClN2O5/c13-6-1-3-7(4-2-6)14-15-9-10(18)11(8(17)5-16)20-12(9)19/h1-4,8,11,16-18H,5H2. The van der Waals surface area contributed by atoms with Gasteiger partial charge in [-0.05, 0) is 24.3 Å². The van der Waals surface area contributed by atoms with Crippen LogP contribution in [-0.4, -0.2) is 40.1 Å². The lowest BCUT2D eigenvalue weighted by atomic mass is 10.2. The van der Waals surface area contributed by atoms with E-state index in [9.17, 15) is 15.0 Å². The van der Waals surface area contributed by atoms with Crippen LogP contribution < -0.4 is 0 Å². The first-order chi connectivity index (χ1) is 9.52. The number of carbonyl (C=O) groups excluding carboxylic acids is 1. The Balaban J connectivity index is 2.21. The quantitative estimate of drug-likeness (QED) is 0.575. The van der Waals surface area contributed by atoms with E-state index in [1.165, 1.54) is 0 Å². The molecule has 0 saturated heterocycles. The molecule has 0 spiro atoms. The highest BCUT2D eigenvalue weighted by molar-refractivity contribution is 6.30. The Labute approximate surface area is 118 Å². The van der Waals surface area contributed by atoms with Crippen LogP contribution in [-0.2, 0) is 9.53 Å². The van der Waals surface area contributed by atoms with E-state index in [1.54, 1.807) is 24.3 Å². The van der Waals surface area contributed by atoms with Gasteiger partial charge in [-0.3, -0.25) is 0 Å². The third-order valence-corrected chi connectivity index (χ3v) is 2.82. The minimum Gasteiger partial charge on any atom is -0.506 e. The van der Waals surface area contributed by atoms with Gasteiger partial charge in [-0.1, -0.05) is 11.6 Å². The van der Waals surface area contributed by atoms with Crippen molar-refractivity contribution in [1.82, 2.24) is 0 Å². The molecule has 2 unspecified atom stereocenters. The van der Waals surface area contributed by atoms with Gasteiger partial charge in [-0.25, -0.2) is 4.79 Å². The van der Waals surface area contributed by atoms with Crippen LogP contribution in [0, 0.1) is 0 Å². The number of cyclic esters (lactones) is 1. The maximum Gasteiger partial charge on any atom is 0.363 e. The molecule has 0 saturated carbocycles. The van der Waals surface area contributed by atoms with Gasteiger partial charge in [0.15, 0.2) is 11.9 Å². The number of halogens is 1. The fraction of sp³-hybridized carbons (Fsp3) is 0.250. The zero-order chi connectivity index (χ0) is 14.7. The summed E-state index contributed by atoms with van der Waals surface area (Å²) in [7, 11) is 0. The number of rotatable bonds is 4. The Morgan fingerprint density at radius 2 is 1.95 bits per heavy atom. The maximum atomic E-state index is 11.5. The van der Waals surface area contributed by atoms with Crippen LogP contribution in [0.15, 0.2) is 46.0 Å². The summed E-state index contributed by atoms with van der Waals surface area (Å²) in [5, 5.41) is 35.8. The molecule has 0 aliphatic carbocycles. The van der Waals surface area contributed by atoms with Crippen LogP contribution >= 0.6 is 11.6 Å². The number of ether oxygens (including phenoxy) is 1. The molecule has 3 N–H and O–H groups in total. The summed E-state index contributed by atoms with van der Waals surface area (Å²) in [5.41, 5.74) is 0.0195. The largest absolute Gasteiger partial charge is 0.506 e. The van der Waals surface area contributed by atoms with Gasteiger partial charge in [0.25, 0.3) is 0 Å². The Kier molecular flexibility index (Phi) is 4.33. The topological polar surface area (TPSA) is 112 Å². The van der Waals surface area contributed by atoms with Crippen LogP contribution in [0.25, 0.3) is 0 Å². The molecule has 106 valence electrons. The average molecular weight is 299 g/mol. The lowest BCUT2D eigenvalue weighted by Gasteiger charge is -2.14. The highest BCUT2D eigenvalue weighted by Gasteiger charge is 2.39. The van der Waals surface area contributed by atoms with Gasteiger partial charge < -0.3 is 20.1 Å². The van der Waals surface area contributed by atoms with Gasteiger partial charge in [0.05, 0.1) is 12.3 Å². The zero-order valence-electron chi connectivity index (χ0n) is 10.1. The second kappa shape index (κ2) is 6.00. The number of carbonyl (C=O) groups is 1. The highest BCUT2D eigenvalue weighted by atomic mass is 35.5. The molecular weight excluding hydrogens is 288 g/mol. The Bertz CT molecular complexity index is 570. The minimum absolute atomic E-state index is 0.405. The summed E-state index contributed by atoms with van der Waals surface area (Å²) in [6.07, 6.45) is -2.74.